The molecule has 4 saturated carbocycles. The van der Waals surface area contributed by atoms with Crippen LogP contribution in [0.15, 0.2) is 11.6 Å². The summed E-state index contributed by atoms with van der Waals surface area (Å²) < 4.78 is 12.0. The Morgan fingerprint density at radius 1 is 0.905 bits per heavy atom. The van der Waals surface area contributed by atoms with E-state index >= 15 is 0 Å². The molecule has 0 bridgehead atoms. The van der Waals surface area contributed by atoms with Crippen LogP contribution in [-0.2, 0) is 23.9 Å². The summed E-state index contributed by atoms with van der Waals surface area (Å²) in [4.78, 5) is 36.1. The Bertz CT molecular complexity index is 1100. The molecule has 0 unspecified atom stereocenters. The molecule has 0 aromatic rings. The van der Waals surface area contributed by atoms with Crippen LogP contribution >= 0.6 is 0 Å². The van der Waals surface area contributed by atoms with Gasteiger partial charge < -0.3 is 19.7 Å². The third kappa shape index (κ3) is 5.45. The van der Waals surface area contributed by atoms with Crippen molar-refractivity contribution >= 4 is 17.9 Å². The SMILES string of the molecule is CC(=O)O[C@@H]1C[C@@H]2[C@@]3(C)CC[C@@H](OC(=O)CC(=O)O)C(C)(C)[C@@H]3CC[C@@]2(C)[C@]2(C)CC[C@H]([C@@](C)(O)CCC=C(C)C)[C@@H]12. The summed E-state index contributed by atoms with van der Waals surface area (Å²) in [6, 6.07) is 0. The number of carboxylic acid groups (broad SMARTS) is 1. The van der Waals surface area contributed by atoms with E-state index in [0.717, 1.165) is 44.9 Å². The highest BCUT2D eigenvalue weighted by molar-refractivity contribution is 5.90. The van der Waals surface area contributed by atoms with Crippen LogP contribution in [0, 0.1) is 45.3 Å². The van der Waals surface area contributed by atoms with Crippen molar-refractivity contribution in [3.05, 3.63) is 11.6 Å². The quantitative estimate of drug-likeness (QED) is 0.177. The van der Waals surface area contributed by atoms with E-state index in [4.69, 9.17) is 14.6 Å². The number of hydrogen-bond acceptors (Lipinski definition) is 6. The van der Waals surface area contributed by atoms with Crippen LogP contribution in [0.4, 0.5) is 0 Å². The topological polar surface area (TPSA) is 110 Å². The van der Waals surface area contributed by atoms with Crippen LogP contribution in [0.2, 0.25) is 0 Å². The predicted octanol–water partition coefficient (Wildman–Crippen LogP) is 7.10. The van der Waals surface area contributed by atoms with Crippen molar-refractivity contribution in [2.75, 3.05) is 0 Å². The van der Waals surface area contributed by atoms with E-state index in [0.29, 0.717) is 18.8 Å². The van der Waals surface area contributed by atoms with Gasteiger partial charge in [-0.25, -0.2) is 0 Å². The first-order valence-electron chi connectivity index (χ1n) is 16.2. The first-order valence-corrected chi connectivity index (χ1v) is 16.2. The first kappa shape index (κ1) is 33.0. The van der Waals surface area contributed by atoms with Crippen molar-refractivity contribution in [1.82, 2.24) is 0 Å². The molecule has 0 heterocycles. The van der Waals surface area contributed by atoms with Crippen molar-refractivity contribution in [3.8, 4) is 0 Å². The zero-order valence-electron chi connectivity index (χ0n) is 27.5. The largest absolute Gasteiger partial charge is 0.481 e. The molecule has 238 valence electrons. The van der Waals surface area contributed by atoms with Crippen LogP contribution in [0.25, 0.3) is 0 Å². The van der Waals surface area contributed by atoms with Crippen LogP contribution < -0.4 is 0 Å². The molecule has 42 heavy (non-hydrogen) atoms. The second kappa shape index (κ2) is 11.2. The lowest BCUT2D eigenvalue weighted by Gasteiger charge is -2.70. The molecule has 0 amide bonds. The number of aliphatic hydroxyl groups is 1. The molecule has 0 radical (unpaired) electrons. The molecule has 0 aliphatic heterocycles. The summed E-state index contributed by atoms with van der Waals surface area (Å²) in [5.41, 5.74) is -0.0480. The number of carbonyl (C=O) groups is 3. The van der Waals surface area contributed by atoms with Gasteiger partial charge in [0.2, 0.25) is 0 Å². The molecule has 7 nitrogen and oxygen atoms in total. The van der Waals surface area contributed by atoms with Gasteiger partial charge in [0.25, 0.3) is 0 Å². The zero-order valence-corrected chi connectivity index (χ0v) is 27.5. The first-order chi connectivity index (χ1) is 19.3. The van der Waals surface area contributed by atoms with Gasteiger partial charge in [0.1, 0.15) is 18.6 Å². The molecule has 0 aromatic carbocycles. The van der Waals surface area contributed by atoms with Gasteiger partial charge in [-0.15, -0.1) is 0 Å². The number of allylic oxidation sites excluding steroid dienone is 2. The minimum absolute atomic E-state index is 0.00715. The Labute approximate surface area is 253 Å². The fourth-order valence-electron chi connectivity index (χ4n) is 11.1. The number of esters is 2. The number of carboxylic acids is 1. The molecule has 4 fully saturated rings. The van der Waals surface area contributed by atoms with Crippen molar-refractivity contribution in [3.63, 3.8) is 0 Å². The number of ether oxygens (including phenoxy) is 2. The number of carbonyl (C=O) groups excluding carboxylic acids is 2. The fourth-order valence-corrected chi connectivity index (χ4v) is 11.1. The van der Waals surface area contributed by atoms with E-state index in [1.54, 1.807) is 0 Å². The minimum Gasteiger partial charge on any atom is -0.481 e. The third-order valence-electron chi connectivity index (χ3n) is 13.2. The monoisotopic (exact) mass is 588 g/mol. The predicted molar refractivity (Wildman–Crippen MR) is 161 cm³/mol. The Morgan fingerprint density at radius 3 is 2.14 bits per heavy atom. The Morgan fingerprint density at radius 2 is 1.55 bits per heavy atom. The maximum Gasteiger partial charge on any atom is 0.317 e. The molecule has 4 rings (SSSR count). The maximum atomic E-state index is 12.6. The van der Waals surface area contributed by atoms with E-state index in [2.05, 4.69) is 54.5 Å². The lowest BCUT2D eigenvalue weighted by molar-refractivity contribution is -0.252. The van der Waals surface area contributed by atoms with E-state index < -0.39 is 24.0 Å². The molecular weight excluding hydrogens is 532 g/mol. The Kier molecular flexibility index (Phi) is 8.83. The molecule has 4 aliphatic carbocycles. The molecule has 4 aliphatic rings. The summed E-state index contributed by atoms with van der Waals surface area (Å²) in [5.74, 6) is -1.36. The molecule has 0 aromatic heterocycles. The van der Waals surface area contributed by atoms with Gasteiger partial charge in [-0.3, -0.25) is 14.4 Å². The van der Waals surface area contributed by atoms with E-state index in [1.807, 2.05) is 6.92 Å². The standard InChI is InChI=1S/C35H56O7/c1-21(2)11-10-15-35(9,40)23-12-17-34(8)30(23)24(41-22(3)36)19-26-32(6)16-14-27(42-29(39)20-28(37)38)31(4,5)25(32)13-18-33(26,34)7/h11,23-27,30,40H,10,12-20H2,1-9H3,(H,37,38)/t23-,24+,25-,26+,27+,30-,32-,33+,34+,35-/m0/s1. The van der Waals surface area contributed by atoms with E-state index in [9.17, 15) is 19.5 Å². The van der Waals surface area contributed by atoms with Gasteiger partial charge in [0.05, 0.1) is 5.60 Å². The molecule has 0 spiro atoms. The van der Waals surface area contributed by atoms with Crippen molar-refractivity contribution in [1.29, 1.82) is 0 Å². The number of hydrogen-bond donors (Lipinski definition) is 2. The Balaban J connectivity index is 1.68. The van der Waals surface area contributed by atoms with Crippen LogP contribution in [0.1, 0.15) is 127 Å². The molecule has 2 N–H and O–H groups in total. The summed E-state index contributed by atoms with van der Waals surface area (Å²) >= 11 is 0. The highest BCUT2D eigenvalue weighted by atomic mass is 16.5. The van der Waals surface area contributed by atoms with Gasteiger partial charge in [0.15, 0.2) is 0 Å². The molecule has 0 saturated heterocycles. The maximum absolute atomic E-state index is 12.6. The average Bonchev–Trinajstić information content (AvgIpc) is 3.21. The summed E-state index contributed by atoms with van der Waals surface area (Å²) in [7, 11) is 0. The second-order valence-electron chi connectivity index (χ2n) is 16.1. The summed E-state index contributed by atoms with van der Waals surface area (Å²) in [6.45, 7) is 19.3. The van der Waals surface area contributed by atoms with Gasteiger partial charge in [-0.2, -0.15) is 0 Å². The third-order valence-corrected chi connectivity index (χ3v) is 13.2. The number of fused-ring (bicyclic) bond motifs is 5. The summed E-state index contributed by atoms with van der Waals surface area (Å²) in [6.07, 6.45) is 8.86. The van der Waals surface area contributed by atoms with Gasteiger partial charge in [-0.05, 0) is 113 Å². The smallest absolute Gasteiger partial charge is 0.317 e. The Hall–Kier alpha value is -1.89. The minimum atomic E-state index is -1.17. The number of rotatable bonds is 8. The fraction of sp³-hybridized carbons (Fsp3) is 0.857. The van der Waals surface area contributed by atoms with Gasteiger partial charge in [-0.1, -0.05) is 46.3 Å². The van der Waals surface area contributed by atoms with Crippen LogP contribution in [-0.4, -0.2) is 45.9 Å². The van der Waals surface area contributed by atoms with Crippen molar-refractivity contribution in [2.24, 2.45) is 45.3 Å². The van der Waals surface area contributed by atoms with Crippen LogP contribution in [0.5, 0.6) is 0 Å². The highest BCUT2D eigenvalue weighted by Crippen LogP contribution is 2.76. The van der Waals surface area contributed by atoms with E-state index in [-0.39, 0.29) is 57.6 Å². The van der Waals surface area contributed by atoms with Crippen molar-refractivity contribution in [2.45, 2.75) is 144 Å². The molecular formula is C35H56O7. The van der Waals surface area contributed by atoms with Crippen molar-refractivity contribution < 1.29 is 34.1 Å². The lowest BCUT2D eigenvalue weighted by Crippen LogP contribution is -2.67. The summed E-state index contributed by atoms with van der Waals surface area (Å²) in [5, 5.41) is 21.0. The normalized spacial score (nSPS) is 41.8. The molecule has 10 atom stereocenters. The van der Waals surface area contributed by atoms with E-state index in [1.165, 1.54) is 12.5 Å². The lowest BCUT2D eigenvalue weighted by atomic mass is 9.35. The number of aliphatic carboxylic acids is 1. The van der Waals surface area contributed by atoms with Crippen LogP contribution in [0.3, 0.4) is 0 Å². The highest BCUT2D eigenvalue weighted by Gasteiger charge is 2.72. The average molecular weight is 589 g/mol. The second-order valence-corrected chi connectivity index (χ2v) is 16.1. The van der Waals surface area contributed by atoms with Gasteiger partial charge >= 0.3 is 17.9 Å². The molecule has 7 heteroatoms. The van der Waals surface area contributed by atoms with Gasteiger partial charge in [0, 0.05) is 18.3 Å². The zero-order chi connectivity index (χ0) is 31.5.